The molecule has 0 radical (unpaired) electrons. The number of hydrogen-bond donors (Lipinski definition) is 3. The lowest BCUT2D eigenvalue weighted by molar-refractivity contribution is -0.139. The maximum Gasteiger partial charge on any atom is 0.342 e. The van der Waals surface area contributed by atoms with Gasteiger partial charge >= 0.3 is 11.7 Å². The van der Waals surface area contributed by atoms with Crippen molar-refractivity contribution < 1.29 is 9.90 Å². The van der Waals surface area contributed by atoms with Gasteiger partial charge in [0, 0.05) is 6.54 Å². The fraction of sp³-hybridized carbons (Fsp3) is 0.636. The van der Waals surface area contributed by atoms with E-state index in [9.17, 15) is 19.5 Å². The predicted octanol–water partition coefficient (Wildman–Crippen LogP) is -0.462. The normalized spacial score (nSPS) is 23.3. The van der Waals surface area contributed by atoms with E-state index < -0.39 is 23.3 Å². The number of nitrogens with one attached hydrogen (secondary N) is 2. The van der Waals surface area contributed by atoms with Crippen LogP contribution in [0.5, 0.6) is 0 Å². The third-order valence-corrected chi connectivity index (χ3v) is 3.54. The van der Waals surface area contributed by atoms with Crippen LogP contribution in [0.25, 0.3) is 0 Å². The second kappa shape index (κ2) is 5.25. The molecule has 104 valence electrons. The first-order valence-corrected chi connectivity index (χ1v) is 6.21. The smallest absolute Gasteiger partial charge is 0.342 e. The van der Waals surface area contributed by atoms with Crippen LogP contribution < -0.4 is 16.1 Å². The van der Waals surface area contributed by atoms with Crippen LogP contribution >= 0.6 is 0 Å². The molecule has 2 atom stereocenters. The zero-order chi connectivity index (χ0) is 14.0. The zero-order valence-electron chi connectivity index (χ0n) is 10.5. The minimum atomic E-state index is -0.981. The molecule has 0 aliphatic carbocycles. The topological polar surface area (TPSA) is 119 Å². The maximum atomic E-state index is 11.7. The maximum absolute atomic E-state index is 11.7. The van der Waals surface area contributed by atoms with Gasteiger partial charge in [-0.2, -0.15) is 0 Å². The third-order valence-electron chi connectivity index (χ3n) is 3.54. The molecule has 8 heteroatoms. The number of piperidine rings is 1. The van der Waals surface area contributed by atoms with Gasteiger partial charge in [-0.1, -0.05) is 13.3 Å². The number of rotatable bonds is 3. The molecule has 2 unspecified atom stereocenters. The Morgan fingerprint density at radius 1 is 1.53 bits per heavy atom. The number of nitrogens with zero attached hydrogens (tertiary/aromatic N) is 2. The quantitative estimate of drug-likeness (QED) is 0.682. The molecular formula is C11H16N4O4. The summed E-state index contributed by atoms with van der Waals surface area (Å²) in [6.45, 7) is 2.46. The number of H-pyrrole nitrogens is 2. The summed E-state index contributed by atoms with van der Waals surface area (Å²) in [6.07, 6.45) is 2.19. The van der Waals surface area contributed by atoms with Gasteiger partial charge in [0.2, 0.25) is 5.82 Å². The lowest BCUT2D eigenvalue weighted by Gasteiger charge is -2.36. The van der Waals surface area contributed by atoms with Crippen LogP contribution in [-0.4, -0.2) is 38.8 Å². The number of carboxylic acids is 1. The van der Waals surface area contributed by atoms with Crippen molar-refractivity contribution in [3.05, 3.63) is 20.8 Å². The van der Waals surface area contributed by atoms with Crippen molar-refractivity contribution in [1.82, 2.24) is 15.2 Å². The summed E-state index contributed by atoms with van der Waals surface area (Å²) in [5.74, 6) is -0.689. The molecule has 1 saturated heterocycles. The molecule has 3 N–H and O–H groups in total. The van der Waals surface area contributed by atoms with E-state index in [1.807, 2.05) is 6.92 Å². The van der Waals surface area contributed by atoms with Crippen LogP contribution in [0.4, 0.5) is 5.82 Å². The number of aromatic amines is 2. The van der Waals surface area contributed by atoms with Gasteiger partial charge in [0.05, 0.1) is 0 Å². The number of hydrogen-bond acceptors (Lipinski definition) is 5. The van der Waals surface area contributed by atoms with E-state index in [0.29, 0.717) is 18.9 Å². The summed E-state index contributed by atoms with van der Waals surface area (Å²) in [7, 11) is 0. The largest absolute Gasteiger partial charge is 0.480 e. The van der Waals surface area contributed by atoms with Crippen LogP contribution in [0.2, 0.25) is 0 Å². The van der Waals surface area contributed by atoms with Crippen LogP contribution in [0.3, 0.4) is 0 Å². The van der Waals surface area contributed by atoms with E-state index in [-0.39, 0.29) is 5.82 Å². The summed E-state index contributed by atoms with van der Waals surface area (Å²) >= 11 is 0. The first kappa shape index (κ1) is 13.3. The lowest BCUT2D eigenvalue weighted by atomic mass is 9.89. The molecule has 2 heterocycles. The van der Waals surface area contributed by atoms with Crippen molar-refractivity contribution in [3.63, 3.8) is 0 Å². The second-order valence-electron chi connectivity index (χ2n) is 4.68. The van der Waals surface area contributed by atoms with Gasteiger partial charge < -0.3 is 10.0 Å². The van der Waals surface area contributed by atoms with Gasteiger partial charge in [0.1, 0.15) is 6.04 Å². The number of aromatic nitrogens is 3. The highest BCUT2D eigenvalue weighted by Crippen LogP contribution is 2.27. The van der Waals surface area contributed by atoms with Crippen LogP contribution in [0.1, 0.15) is 26.2 Å². The Kier molecular flexibility index (Phi) is 3.68. The van der Waals surface area contributed by atoms with Crippen molar-refractivity contribution in [2.45, 2.75) is 32.2 Å². The molecule has 1 aromatic heterocycles. The molecule has 1 fully saturated rings. The molecule has 0 amide bonds. The van der Waals surface area contributed by atoms with Crippen LogP contribution in [0, 0.1) is 5.92 Å². The summed E-state index contributed by atoms with van der Waals surface area (Å²) < 4.78 is 0. The van der Waals surface area contributed by atoms with E-state index in [1.165, 1.54) is 4.90 Å². The van der Waals surface area contributed by atoms with Gasteiger partial charge in [0.15, 0.2) is 0 Å². The average Bonchev–Trinajstić information content (AvgIpc) is 2.38. The van der Waals surface area contributed by atoms with E-state index in [1.54, 1.807) is 0 Å². The van der Waals surface area contributed by atoms with Crippen molar-refractivity contribution in [2.24, 2.45) is 5.92 Å². The molecule has 0 bridgehead atoms. The standard InChI is InChI=1S/C11H16N4O4/c1-2-6-3-4-15(7(5-6)10(17)18)8-9(16)12-11(19)14-13-8/h6-7H,2-5H2,1H3,(H,17,18)(H2,12,14,16,19). The van der Waals surface area contributed by atoms with Gasteiger partial charge in [-0.25, -0.2) is 14.7 Å². The molecule has 19 heavy (non-hydrogen) atoms. The fourth-order valence-corrected chi connectivity index (χ4v) is 2.43. The molecule has 8 nitrogen and oxygen atoms in total. The molecule has 1 aliphatic heterocycles. The average molecular weight is 268 g/mol. The summed E-state index contributed by atoms with van der Waals surface area (Å²) in [6, 6.07) is -0.779. The van der Waals surface area contributed by atoms with Gasteiger partial charge in [-0.3, -0.25) is 9.78 Å². The third kappa shape index (κ3) is 2.67. The summed E-state index contributed by atoms with van der Waals surface area (Å²) in [5, 5.41) is 15.1. The highest BCUT2D eigenvalue weighted by molar-refractivity contribution is 5.77. The van der Waals surface area contributed by atoms with Crippen molar-refractivity contribution in [1.29, 1.82) is 0 Å². The van der Waals surface area contributed by atoms with Crippen molar-refractivity contribution in [2.75, 3.05) is 11.4 Å². The molecule has 0 saturated carbocycles. The minimum absolute atomic E-state index is 0.0402. The second-order valence-corrected chi connectivity index (χ2v) is 4.68. The predicted molar refractivity (Wildman–Crippen MR) is 67.3 cm³/mol. The summed E-state index contributed by atoms with van der Waals surface area (Å²) in [5.41, 5.74) is -1.37. The summed E-state index contributed by atoms with van der Waals surface area (Å²) in [4.78, 5) is 37.4. The Morgan fingerprint density at radius 3 is 2.84 bits per heavy atom. The van der Waals surface area contributed by atoms with Gasteiger partial charge in [0.25, 0.3) is 5.56 Å². The minimum Gasteiger partial charge on any atom is -0.480 e. The van der Waals surface area contributed by atoms with Gasteiger partial charge in [-0.15, -0.1) is 5.10 Å². The van der Waals surface area contributed by atoms with Crippen molar-refractivity contribution >= 4 is 11.8 Å². The van der Waals surface area contributed by atoms with E-state index in [2.05, 4.69) is 15.2 Å². The lowest BCUT2D eigenvalue weighted by Crippen LogP contribution is -2.50. The van der Waals surface area contributed by atoms with E-state index >= 15 is 0 Å². The molecule has 1 aromatic rings. The van der Waals surface area contributed by atoms with Crippen LogP contribution in [-0.2, 0) is 4.79 Å². The number of carbonyl (C=O) groups is 1. The highest BCUT2D eigenvalue weighted by atomic mass is 16.4. The van der Waals surface area contributed by atoms with E-state index in [4.69, 9.17) is 0 Å². The Balaban J connectivity index is 2.34. The SMILES string of the molecule is CCC1CCN(c2n[nH]c(=O)[nH]c2=O)C(C(=O)O)C1. The van der Waals surface area contributed by atoms with Gasteiger partial charge in [-0.05, 0) is 18.8 Å². The number of aliphatic carboxylic acids is 1. The monoisotopic (exact) mass is 268 g/mol. The molecule has 0 spiro atoms. The van der Waals surface area contributed by atoms with Crippen molar-refractivity contribution in [3.8, 4) is 0 Å². The fourth-order valence-electron chi connectivity index (χ4n) is 2.43. The Bertz CT molecular complexity index is 579. The number of anilines is 1. The molecule has 1 aliphatic rings. The van der Waals surface area contributed by atoms with E-state index in [0.717, 1.165) is 12.8 Å². The Hall–Kier alpha value is -2.12. The molecular weight excluding hydrogens is 252 g/mol. The van der Waals surface area contributed by atoms with Crippen LogP contribution in [0.15, 0.2) is 9.59 Å². The molecule has 2 rings (SSSR count). The molecule has 0 aromatic carbocycles. The highest BCUT2D eigenvalue weighted by Gasteiger charge is 2.34. The zero-order valence-corrected chi connectivity index (χ0v) is 10.5. The Labute approximate surface area is 108 Å². The Morgan fingerprint density at radius 2 is 2.26 bits per heavy atom. The first-order valence-electron chi connectivity index (χ1n) is 6.21. The number of carboxylic acid groups (broad SMARTS) is 1. The first-order chi connectivity index (χ1) is 9.02.